The van der Waals surface area contributed by atoms with E-state index < -0.39 is 0 Å². The van der Waals surface area contributed by atoms with Crippen molar-refractivity contribution >= 4 is 5.78 Å². The number of hydrogen-bond acceptors (Lipinski definition) is 1. The average Bonchev–Trinajstić information content (AvgIpc) is 2.53. The van der Waals surface area contributed by atoms with Crippen molar-refractivity contribution in [1.82, 2.24) is 0 Å². The summed E-state index contributed by atoms with van der Waals surface area (Å²) in [6.07, 6.45) is 8.12. The molecule has 0 aromatic carbocycles. The molecular weight excluding hydrogens is 220 g/mol. The van der Waals surface area contributed by atoms with E-state index in [4.69, 9.17) is 0 Å². The van der Waals surface area contributed by atoms with Gasteiger partial charge in [-0.1, -0.05) is 31.9 Å². The molecule has 1 nitrogen and oxygen atoms in total. The predicted octanol–water partition coefficient (Wildman–Crippen LogP) is 4.66. The Balaban J connectivity index is 2.19. The maximum Gasteiger partial charge on any atom is 0.143 e. The van der Waals surface area contributed by atoms with Crippen molar-refractivity contribution in [3.63, 3.8) is 0 Å². The fraction of sp³-hybridized carbons (Fsp3) is 0.824. The van der Waals surface area contributed by atoms with E-state index in [-0.39, 0.29) is 10.8 Å². The van der Waals surface area contributed by atoms with Gasteiger partial charge in [0.15, 0.2) is 0 Å². The number of carbonyl (C=O) groups excluding carboxylic acids is 1. The lowest BCUT2D eigenvalue weighted by atomic mass is 9.52. The van der Waals surface area contributed by atoms with Crippen LogP contribution in [-0.2, 0) is 4.79 Å². The number of ketones is 1. The van der Waals surface area contributed by atoms with Crippen molar-refractivity contribution in [3.8, 4) is 0 Å². The minimum absolute atomic E-state index is 0.127. The minimum Gasteiger partial charge on any atom is -0.299 e. The highest BCUT2D eigenvalue weighted by Crippen LogP contribution is 2.64. The molecule has 0 saturated heterocycles. The summed E-state index contributed by atoms with van der Waals surface area (Å²) in [6, 6.07) is 0. The lowest BCUT2D eigenvalue weighted by Gasteiger charge is -2.51. The second-order valence-corrected chi connectivity index (χ2v) is 7.80. The van der Waals surface area contributed by atoms with Gasteiger partial charge in [-0.05, 0) is 56.3 Å². The van der Waals surface area contributed by atoms with Gasteiger partial charge in [-0.3, -0.25) is 4.79 Å². The van der Waals surface area contributed by atoms with Gasteiger partial charge in [-0.15, -0.1) is 0 Å². The van der Waals surface area contributed by atoms with Gasteiger partial charge in [0.05, 0.1) is 5.41 Å². The second-order valence-electron chi connectivity index (χ2n) is 7.80. The molecule has 0 heterocycles. The molecule has 0 radical (unpaired) electrons. The molecule has 0 aromatic rings. The molecule has 0 spiro atoms. The molecule has 3 aliphatic carbocycles. The molecule has 3 aliphatic rings. The Labute approximate surface area is 111 Å². The maximum absolute atomic E-state index is 12.6. The molecular formula is C17H26O. The quantitative estimate of drug-likeness (QED) is 0.568. The molecule has 1 heteroatoms. The highest BCUT2D eigenvalue weighted by atomic mass is 16.1. The van der Waals surface area contributed by atoms with Gasteiger partial charge in [-0.25, -0.2) is 0 Å². The number of allylic oxidation sites excluding steroid dienone is 2. The van der Waals surface area contributed by atoms with E-state index in [1.54, 1.807) is 11.1 Å². The summed E-state index contributed by atoms with van der Waals surface area (Å²) in [5.41, 5.74) is 3.65. The fourth-order valence-electron chi connectivity index (χ4n) is 4.99. The van der Waals surface area contributed by atoms with Crippen LogP contribution in [0.1, 0.15) is 72.6 Å². The van der Waals surface area contributed by atoms with Crippen LogP contribution in [0.5, 0.6) is 0 Å². The third-order valence-electron chi connectivity index (χ3n) is 6.61. The standard InChI is InChI=1S/C17H26O/c1-15(2)9-5-6-13-12(15)7-10-16(3)11-8-14(18)17(13,16)4/h5-11H2,1-4H3/t16-,17+/m1/s1. The topological polar surface area (TPSA) is 17.1 Å². The summed E-state index contributed by atoms with van der Waals surface area (Å²) in [5.74, 6) is 0.523. The Morgan fingerprint density at radius 1 is 0.833 bits per heavy atom. The summed E-state index contributed by atoms with van der Waals surface area (Å²) in [6.45, 7) is 9.39. The zero-order chi connectivity index (χ0) is 13.2. The zero-order valence-electron chi connectivity index (χ0n) is 12.4. The van der Waals surface area contributed by atoms with Gasteiger partial charge >= 0.3 is 0 Å². The lowest BCUT2D eigenvalue weighted by Crippen LogP contribution is -2.45. The second kappa shape index (κ2) is 3.49. The van der Waals surface area contributed by atoms with Crippen molar-refractivity contribution in [2.45, 2.75) is 72.6 Å². The molecule has 0 unspecified atom stereocenters. The first-order valence-corrected chi connectivity index (χ1v) is 7.58. The van der Waals surface area contributed by atoms with Crippen LogP contribution >= 0.6 is 0 Å². The van der Waals surface area contributed by atoms with Gasteiger partial charge in [0.25, 0.3) is 0 Å². The smallest absolute Gasteiger partial charge is 0.143 e. The summed E-state index contributed by atoms with van der Waals surface area (Å²) < 4.78 is 0. The molecule has 100 valence electrons. The molecule has 1 fully saturated rings. The van der Waals surface area contributed by atoms with Crippen molar-refractivity contribution in [3.05, 3.63) is 11.1 Å². The monoisotopic (exact) mass is 246 g/mol. The Bertz CT molecular complexity index is 443. The molecule has 0 aromatic heterocycles. The van der Waals surface area contributed by atoms with Crippen LogP contribution < -0.4 is 0 Å². The van der Waals surface area contributed by atoms with Crippen LogP contribution in [0.3, 0.4) is 0 Å². The van der Waals surface area contributed by atoms with Crippen LogP contribution in [0.2, 0.25) is 0 Å². The molecule has 0 N–H and O–H groups in total. The zero-order valence-corrected chi connectivity index (χ0v) is 12.4. The third kappa shape index (κ3) is 1.31. The van der Waals surface area contributed by atoms with E-state index in [0.29, 0.717) is 11.2 Å². The van der Waals surface area contributed by atoms with Gasteiger partial charge in [-0.2, -0.15) is 0 Å². The number of Topliss-reactive ketones (excluding diaryl/α,β-unsaturated/α-hetero) is 1. The van der Waals surface area contributed by atoms with Gasteiger partial charge in [0.2, 0.25) is 0 Å². The number of rotatable bonds is 0. The van der Waals surface area contributed by atoms with Crippen LogP contribution in [0.4, 0.5) is 0 Å². The third-order valence-corrected chi connectivity index (χ3v) is 6.61. The largest absolute Gasteiger partial charge is 0.299 e. The van der Waals surface area contributed by atoms with E-state index in [9.17, 15) is 4.79 Å². The first-order chi connectivity index (χ1) is 8.31. The average molecular weight is 246 g/mol. The summed E-state index contributed by atoms with van der Waals surface area (Å²) in [4.78, 5) is 12.6. The van der Waals surface area contributed by atoms with E-state index >= 15 is 0 Å². The Kier molecular flexibility index (Phi) is 2.41. The fourth-order valence-corrected chi connectivity index (χ4v) is 4.99. The van der Waals surface area contributed by atoms with E-state index in [2.05, 4.69) is 27.7 Å². The first-order valence-electron chi connectivity index (χ1n) is 7.58. The Morgan fingerprint density at radius 3 is 2.22 bits per heavy atom. The van der Waals surface area contributed by atoms with Crippen LogP contribution in [0.15, 0.2) is 11.1 Å². The van der Waals surface area contributed by atoms with Gasteiger partial charge in [0.1, 0.15) is 5.78 Å². The highest BCUT2D eigenvalue weighted by Gasteiger charge is 2.59. The summed E-state index contributed by atoms with van der Waals surface area (Å²) >= 11 is 0. The molecule has 3 rings (SSSR count). The van der Waals surface area contributed by atoms with Crippen LogP contribution in [0, 0.1) is 16.2 Å². The van der Waals surface area contributed by atoms with E-state index in [1.165, 1.54) is 32.1 Å². The van der Waals surface area contributed by atoms with Crippen molar-refractivity contribution in [2.75, 3.05) is 0 Å². The van der Waals surface area contributed by atoms with Crippen molar-refractivity contribution in [1.29, 1.82) is 0 Å². The van der Waals surface area contributed by atoms with E-state index in [0.717, 1.165) is 12.8 Å². The first kappa shape index (κ1) is 12.4. The predicted molar refractivity (Wildman–Crippen MR) is 74.3 cm³/mol. The summed E-state index contributed by atoms with van der Waals surface area (Å²) in [5, 5.41) is 0. The van der Waals surface area contributed by atoms with Crippen LogP contribution in [0.25, 0.3) is 0 Å². The summed E-state index contributed by atoms with van der Waals surface area (Å²) in [7, 11) is 0. The maximum atomic E-state index is 12.6. The molecule has 0 bridgehead atoms. The normalized spacial score (nSPS) is 42.8. The molecule has 18 heavy (non-hydrogen) atoms. The van der Waals surface area contributed by atoms with Crippen LogP contribution in [-0.4, -0.2) is 5.78 Å². The SMILES string of the molecule is CC1(C)CCCC2=C1CC[C@]1(C)CCC(=O)[C@]21C. The molecule has 2 atom stereocenters. The van der Waals surface area contributed by atoms with E-state index in [1.807, 2.05) is 0 Å². The minimum atomic E-state index is -0.127. The van der Waals surface area contributed by atoms with Gasteiger partial charge in [0, 0.05) is 6.42 Å². The van der Waals surface area contributed by atoms with Crippen molar-refractivity contribution < 1.29 is 4.79 Å². The molecule has 0 amide bonds. The number of hydrogen-bond donors (Lipinski definition) is 0. The molecule has 1 saturated carbocycles. The highest BCUT2D eigenvalue weighted by molar-refractivity contribution is 5.91. The molecule has 0 aliphatic heterocycles. The lowest BCUT2D eigenvalue weighted by molar-refractivity contribution is -0.127. The Hall–Kier alpha value is -0.590. The van der Waals surface area contributed by atoms with Gasteiger partial charge < -0.3 is 0 Å². The number of fused-ring (bicyclic) bond motifs is 2. The number of carbonyl (C=O) groups is 1. The Morgan fingerprint density at radius 2 is 1.50 bits per heavy atom. The van der Waals surface area contributed by atoms with Crippen molar-refractivity contribution in [2.24, 2.45) is 16.2 Å².